The molecule has 1 aromatic carbocycles. The van der Waals surface area contributed by atoms with Gasteiger partial charge in [0, 0.05) is 24.2 Å². The molecule has 1 aromatic heterocycles. The highest BCUT2D eigenvalue weighted by atomic mass is 127. The number of ether oxygens (including phenoxy) is 1. The van der Waals surface area contributed by atoms with E-state index in [4.69, 9.17) is 27.9 Å². The molecule has 0 amide bonds. The van der Waals surface area contributed by atoms with Crippen LogP contribution in [0.1, 0.15) is 12.6 Å². The molecule has 0 bridgehead atoms. The average molecular weight is 438 g/mol. The molecular formula is C14H14Cl2IN3O. The Morgan fingerprint density at radius 3 is 2.71 bits per heavy atom. The van der Waals surface area contributed by atoms with Crippen molar-refractivity contribution in [3.63, 3.8) is 0 Å². The van der Waals surface area contributed by atoms with E-state index in [9.17, 15) is 0 Å². The maximum Gasteiger partial charge on any atom is 0.163 e. The summed E-state index contributed by atoms with van der Waals surface area (Å²) >= 11 is 14.5. The highest BCUT2D eigenvalue weighted by Gasteiger charge is 2.15. The second kappa shape index (κ2) is 7.58. The van der Waals surface area contributed by atoms with E-state index < -0.39 is 0 Å². The first-order valence-corrected chi connectivity index (χ1v) is 8.15. The van der Waals surface area contributed by atoms with E-state index in [1.807, 2.05) is 6.92 Å². The number of nitrogens with one attached hydrogen (secondary N) is 1. The first-order valence-electron chi connectivity index (χ1n) is 6.31. The molecule has 0 aliphatic rings. The molecule has 2 rings (SSSR count). The minimum Gasteiger partial charge on any atom is -0.378 e. The van der Waals surface area contributed by atoms with E-state index in [1.54, 1.807) is 25.3 Å². The second-order valence-electron chi connectivity index (χ2n) is 4.24. The van der Waals surface area contributed by atoms with Gasteiger partial charge >= 0.3 is 0 Å². The first kappa shape index (κ1) is 16.7. The fourth-order valence-electron chi connectivity index (χ4n) is 1.80. The Bertz CT molecular complexity index is 625. The lowest BCUT2D eigenvalue weighted by Gasteiger charge is -2.12. The molecule has 0 fully saturated rings. The van der Waals surface area contributed by atoms with Crippen molar-refractivity contribution < 1.29 is 4.74 Å². The lowest BCUT2D eigenvalue weighted by Crippen LogP contribution is -2.08. The van der Waals surface area contributed by atoms with Gasteiger partial charge in [0.2, 0.25) is 0 Å². The van der Waals surface area contributed by atoms with E-state index >= 15 is 0 Å². The smallest absolute Gasteiger partial charge is 0.163 e. The molecule has 1 N–H and O–H groups in total. The predicted octanol–water partition coefficient (Wildman–Crippen LogP) is 4.63. The van der Waals surface area contributed by atoms with Crippen LogP contribution in [0.3, 0.4) is 0 Å². The summed E-state index contributed by atoms with van der Waals surface area (Å²) in [5.74, 6) is 1.30. The van der Waals surface area contributed by atoms with Gasteiger partial charge in [0.05, 0.1) is 20.9 Å². The van der Waals surface area contributed by atoms with Gasteiger partial charge in [0.25, 0.3) is 0 Å². The molecule has 0 saturated heterocycles. The van der Waals surface area contributed by atoms with Crippen molar-refractivity contribution >= 4 is 51.6 Å². The summed E-state index contributed by atoms with van der Waals surface area (Å²) in [6, 6.07) is 5.24. The quantitative estimate of drug-likeness (QED) is 0.692. The summed E-state index contributed by atoms with van der Waals surface area (Å²) < 4.78 is 6.15. The number of hydrogen-bond donors (Lipinski definition) is 1. The topological polar surface area (TPSA) is 47.0 Å². The average Bonchev–Trinajstić information content (AvgIpc) is 2.46. The zero-order chi connectivity index (χ0) is 15.4. The van der Waals surface area contributed by atoms with Crippen molar-refractivity contribution in [2.75, 3.05) is 19.0 Å². The molecule has 0 radical (unpaired) electrons. The Balaban J connectivity index is 2.59. The molecular weight excluding hydrogens is 424 g/mol. The Labute approximate surface area is 147 Å². The number of anilines is 1. The summed E-state index contributed by atoms with van der Waals surface area (Å²) in [6.45, 7) is 3.19. The fourth-order valence-corrected chi connectivity index (χ4v) is 2.76. The van der Waals surface area contributed by atoms with Crippen molar-refractivity contribution in [1.82, 2.24) is 9.97 Å². The van der Waals surface area contributed by atoms with Crippen LogP contribution in [0.15, 0.2) is 18.2 Å². The van der Waals surface area contributed by atoms with Crippen LogP contribution >= 0.6 is 45.8 Å². The molecule has 112 valence electrons. The molecule has 0 saturated carbocycles. The number of rotatable bonds is 5. The first-order chi connectivity index (χ1) is 10.1. The molecule has 0 unspecified atom stereocenters. The van der Waals surface area contributed by atoms with Gasteiger partial charge in [-0.2, -0.15) is 0 Å². The summed E-state index contributed by atoms with van der Waals surface area (Å²) in [5, 5.41) is 4.38. The highest BCUT2D eigenvalue weighted by molar-refractivity contribution is 14.1. The van der Waals surface area contributed by atoms with Gasteiger partial charge in [-0.25, -0.2) is 9.97 Å². The van der Waals surface area contributed by atoms with Gasteiger partial charge < -0.3 is 10.1 Å². The number of hydrogen-bond acceptors (Lipinski definition) is 4. The molecule has 0 aliphatic carbocycles. The molecule has 21 heavy (non-hydrogen) atoms. The molecule has 4 nitrogen and oxygen atoms in total. The van der Waals surface area contributed by atoms with Crippen molar-refractivity contribution in [2.45, 2.75) is 13.5 Å². The van der Waals surface area contributed by atoms with Gasteiger partial charge in [-0.15, -0.1) is 0 Å². The molecule has 0 spiro atoms. The Hall–Kier alpha value is -0.630. The predicted molar refractivity (Wildman–Crippen MR) is 95.1 cm³/mol. The summed E-state index contributed by atoms with van der Waals surface area (Å²) in [6.07, 6.45) is 0. The largest absolute Gasteiger partial charge is 0.378 e. The minimum atomic E-state index is 0.407. The molecule has 2 aromatic rings. The Kier molecular flexibility index (Phi) is 6.04. The maximum absolute atomic E-state index is 6.24. The number of methoxy groups -OCH3 is 1. The standard InChI is InChI=1S/C14H14Cl2IN3O/c1-3-18-14-12(17)11(7-21-2)19-13(20-14)9-6-8(15)4-5-10(9)16/h4-6H,3,7H2,1-2H3,(H,18,19,20). The number of nitrogens with zero attached hydrogens (tertiary/aromatic N) is 2. The van der Waals surface area contributed by atoms with Crippen LogP contribution < -0.4 is 5.32 Å². The highest BCUT2D eigenvalue weighted by Crippen LogP contribution is 2.31. The summed E-state index contributed by atoms with van der Waals surface area (Å²) in [5.41, 5.74) is 1.52. The SMILES string of the molecule is CCNc1nc(-c2cc(Cl)ccc2Cl)nc(COC)c1I. The fraction of sp³-hybridized carbons (Fsp3) is 0.286. The van der Waals surface area contributed by atoms with Crippen molar-refractivity contribution in [1.29, 1.82) is 0 Å². The van der Waals surface area contributed by atoms with Gasteiger partial charge in [0.15, 0.2) is 5.82 Å². The normalized spacial score (nSPS) is 10.7. The Morgan fingerprint density at radius 1 is 1.29 bits per heavy atom. The van der Waals surface area contributed by atoms with Gasteiger partial charge in [0.1, 0.15) is 5.82 Å². The minimum absolute atomic E-state index is 0.407. The van der Waals surface area contributed by atoms with E-state index in [-0.39, 0.29) is 0 Å². The van der Waals surface area contributed by atoms with E-state index in [1.165, 1.54) is 0 Å². The van der Waals surface area contributed by atoms with E-state index in [0.29, 0.717) is 28.0 Å². The van der Waals surface area contributed by atoms with Crippen LogP contribution in [-0.4, -0.2) is 23.6 Å². The van der Waals surface area contributed by atoms with Gasteiger partial charge in [-0.3, -0.25) is 0 Å². The molecule has 7 heteroatoms. The lowest BCUT2D eigenvalue weighted by molar-refractivity contribution is 0.181. The van der Waals surface area contributed by atoms with Crippen LogP contribution in [0.2, 0.25) is 10.0 Å². The number of aromatic nitrogens is 2. The van der Waals surface area contributed by atoms with E-state index in [2.05, 4.69) is 37.9 Å². The third kappa shape index (κ3) is 3.97. The van der Waals surface area contributed by atoms with Gasteiger partial charge in [-0.05, 0) is 47.7 Å². The summed E-state index contributed by atoms with van der Waals surface area (Å²) in [7, 11) is 1.64. The Morgan fingerprint density at radius 2 is 2.05 bits per heavy atom. The van der Waals surface area contributed by atoms with Gasteiger partial charge in [-0.1, -0.05) is 23.2 Å². The van der Waals surface area contributed by atoms with Crippen LogP contribution in [-0.2, 0) is 11.3 Å². The molecule has 0 atom stereocenters. The molecule has 0 aliphatic heterocycles. The van der Waals surface area contributed by atoms with Crippen LogP contribution in [0, 0.1) is 3.57 Å². The maximum atomic E-state index is 6.24. The summed E-state index contributed by atoms with van der Waals surface area (Å²) in [4.78, 5) is 9.10. The van der Waals surface area contributed by atoms with Crippen LogP contribution in [0.5, 0.6) is 0 Å². The third-order valence-electron chi connectivity index (χ3n) is 2.71. The van der Waals surface area contributed by atoms with Crippen LogP contribution in [0.25, 0.3) is 11.4 Å². The van der Waals surface area contributed by atoms with Crippen LogP contribution in [0.4, 0.5) is 5.82 Å². The lowest BCUT2D eigenvalue weighted by atomic mass is 10.2. The van der Waals surface area contributed by atoms with Crippen molar-refractivity contribution in [3.8, 4) is 11.4 Å². The zero-order valence-corrected chi connectivity index (χ0v) is 15.3. The number of halogens is 3. The van der Waals surface area contributed by atoms with E-state index in [0.717, 1.165) is 21.6 Å². The second-order valence-corrected chi connectivity index (χ2v) is 6.17. The monoisotopic (exact) mass is 437 g/mol. The van der Waals surface area contributed by atoms with Crippen molar-refractivity contribution in [3.05, 3.63) is 37.5 Å². The zero-order valence-electron chi connectivity index (χ0n) is 11.6. The number of benzene rings is 1. The van der Waals surface area contributed by atoms with Crippen molar-refractivity contribution in [2.24, 2.45) is 0 Å². The molecule has 1 heterocycles. The third-order valence-corrected chi connectivity index (χ3v) is 4.41.